The van der Waals surface area contributed by atoms with Crippen molar-refractivity contribution in [2.45, 2.75) is 20.3 Å². The van der Waals surface area contributed by atoms with E-state index in [4.69, 9.17) is 0 Å². The molecule has 0 unspecified atom stereocenters. The lowest BCUT2D eigenvalue weighted by atomic mass is 10.1. The number of hydrogen-bond donors (Lipinski definition) is 0. The van der Waals surface area contributed by atoms with Gasteiger partial charge >= 0.3 is 0 Å². The molecule has 0 aliphatic carbocycles. The molecule has 0 N–H and O–H groups in total. The summed E-state index contributed by atoms with van der Waals surface area (Å²) >= 11 is 3.48. The van der Waals surface area contributed by atoms with E-state index < -0.39 is 0 Å². The third-order valence-electron chi connectivity index (χ3n) is 2.96. The first-order chi connectivity index (χ1) is 8.49. The first-order valence-corrected chi connectivity index (χ1v) is 6.56. The van der Waals surface area contributed by atoms with Gasteiger partial charge in [0.25, 0.3) is 0 Å². The van der Waals surface area contributed by atoms with Crippen LogP contribution in [0.5, 0.6) is 0 Å². The summed E-state index contributed by atoms with van der Waals surface area (Å²) in [5.74, 6) is 0.110. The summed E-state index contributed by atoms with van der Waals surface area (Å²) in [6, 6.07) is 7.65. The molecule has 3 nitrogen and oxygen atoms in total. The Morgan fingerprint density at radius 1 is 1.28 bits per heavy atom. The van der Waals surface area contributed by atoms with Gasteiger partial charge in [-0.25, -0.2) is 0 Å². The Hall–Kier alpha value is -1.42. The summed E-state index contributed by atoms with van der Waals surface area (Å²) in [6.45, 7) is 3.93. The number of hydrogen-bond acceptors (Lipinski definition) is 2. The summed E-state index contributed by atoms with van der Waals surface area (Å²) in [6.07, 6.45) is 0.362. The summed E-state index contributed by atoms with van der Waals surface area (Å²) in [5, 5.41) is 4.29. The number of halogens is 1. The molecule has 0 aliphatic rings. The number of aromatic nitrogens is 2. The molecule has 1 aromatic carbocycles. The van der Waals surface area contributed by atoms with Crippen molar-refractivity contribution in [2.75, 3.05) is 0 Å². The van der Waals surface area contributed by atoms with Crippen molar-refractivity contribution in [3.63, 3.8) is 0 Å². The molecule has 0 amide bonds. The molecule has 2 aromatic rings. The molecule has 0 fully saturated rings. The standard InChI is InChI=1S/C14H15BrN2O/c1-9-4-6-11(7-5-9)13(18)8-12-14(15)10(2)16-17(12)3/h4-7H,8H2,1-3H3. The van der Waals surface area contributed by atoms with E-state index in [1.807, 2.05) is 45.2 Å². The van der Waals surface area contributed by atoms with E-state index in [1.54, 1.807) is 4.68 Å². The van der Waals surface area contributed by atoms with Crippen LogP contribution in [-0.2, 0) is 13.5 Å². The number of nitrogens with zero attached hydrogens (tertiary/aromatic N) is 2. The molecular formula is C14H15BrN2O. The highest BCUT2D eigenvalue weighted by Crippen LogP contribution is 2.21. The second-order valence-electron chi connectivity index (χ2n) is 4.44. The second kappa shape index (κ2) is 5.06. The van der Waals surface area contributed by atoms with Crippen LogP contribution in [0.3, 0.4) is 0 Å². The molecule has 2 rings (SSSR count). The van der Waals surface area contributed by atoms with Crippen LogP contribution in [0, 0.1) is 13.8 Å². The minimum absolute atomic E-state index is 0.110. The van der Waals surface area contributed by atoms with Crippen LogP contribution in [0.4, 0.5) is 0 Å². The van der Waals surface area contributed by atoms with Crippen molar-refractivity contribution in [2.24, 2.45) is 7.05 Å². The molecule has 0 atom stereocenters. The van der Waals surface area contributed by atoms with Crippen molar-refractivity contribution in [3.05, 3.63) is 51.3 Å². The van der Waals surface area contributed by atoms with E-state index in [-0.39, 0.29) is 5.78 Å². The van der Waals surface area contributed by atoms with Crippen molar-refractivity contribution in [1.29, 1.82) is 0 Å². The molecule has 1 aromatic heterocycles. The van der Waals surface area contributed by atoms with Gasteiger partial charge in [-0.1, -0.05) is 29.8 Å². The first-order valence-electron chi connectivity index (χ1n) is 5.77. The zero-order valence-electron chi connectivity index (χ0n) is 10.7. The van der Waals surface area contributed by atoms with E-state index in [2.05, 4.69) is 21.0 Å². The maximum atomic E-state index is 12.2. The van der Waals surface area contributed by atoms with Crippen LogP contribution < -0.4 is 0 Å². The van der Waals surface area contributed by atoms with E-state index in [0.717, 1.165) is 27.0 Å². The number of ketones is 1. The van der Waals surface area contributed by atoms with Crippen LogP contribution in [0.1, 0.15) is 27.3 Å². The highest BCUT2D eigenvalue weighted by atomic mass is 79.9. The lowest BCUT2D eigenvalue weighted by Crippen LogP contribution is -2.08. The fraction of sp³-hybridized carbons (Fsp3) is 0.286. The molecule has 4 heteroatoms. The summed E-state index contributed by atoms with van der Waals surface area (Å²) < 4.78 is 2.68. The number of carbonyl (C=O) groups is 1. The smallest absolute Gasteiger partial charge is 0.168 e. The first kappa shape index (κ1) is 13.0. The van der Waals surface area contributed by atoms with Gasteiger partial charge in [0.1, 0.15) is 0 Å². The van der Waals surface area contributed by atoms with E-state index in [9.17, 15) is 4.79 Å². The third-order valence-corrected chi connectivity index (χ3v) is 3.99. The third kappa shape index (κ3) is 2.53. The topological polar surface area (TPSA) is 34.9 Å². The Morgan fingerprint density at radius 2 is 1.89 bits per heavy atom. The summed E-state index contributed by atoms with van der Waals surface area (Å²) in [7, 11) is 1.86. The van der Waals surface area contributed by atoms with Crippen LogP contribution in [0.25, 0.3) is 0 Å². The Morgan fingerprint density at radius 3 is 2.39 bits per heavy atom. The Kier molecular flexibility index (Phi) is 3.66. The van der Waals surface area contributed by atoms with Crippen LogP contribution in [0.15, 0.2) is 28.7 Å². The van der Waals surface area contributed by atoms with Crippen LogP contribution in [0.2, 0.25) is 0 Å². The Labute approximate surface area is 115 Å². The number of Topliss-reactive ketones (excluding diaryl/α,β-unsaturated/α-hetero) is 1. The van der Waals surface area contributed by atoms with Gasteiger partial charge in [-0.15, -0.1) is 0 Å². The molecule has 94 valence electrons. The van der Waals surface area contributed by atoms with Gasteiger partial charge in [0.15, 0.2) is 5.78 Å². The minimum Gasteiger partial charge on any atom is -0.294 e. The highest BCUT2D eigenvalue weighted by Gasteiger charge is 2.15. The zero-order chi connectivity index (χ0) is 13.3. The van der Waals surface area contributed by atoms with Crippen LogP contribution >= 0.6 is 15.9 Å². The number of carbonyl (C=O) groups excluding carboxylic acids is 1. The van der Waals surface area contributed by atoms with E-state index >= 15 is 0 Å². The van der Waals surface area contributed by atoms with E-state index in [1.165, 1.54) is 0 Å². The van der Waals surface area contributed by atoms with Crippen molar-refractivity contribution >= 4 is 21.7 Å². The van der Waals surface area contributed by atoms with Gasteiger partial charge in [-0.2, -0.15) is 5.10 Å². The molecule has 0 aliphatic heterocycles. The van der Waals surface area contributed by atoms with Crippen LogP contribution in [-0.4, -0.2) is 15.6 Å². The normalized spacial score (nSPS) is 10.7. The molecule has 0 bridgehead atoms. The van der Waals surface area contributed by atoms with Crippen molar-refractivity contribution in [1.82, 2.24) is 9.78 Å². The largest absolute Gasteiger partial charge is 0.294 e. The lowest BCUT2D eigenvalue weighted by Gasteiger charge is -2.03. The van der Waals surface area contributed by atoms with Crippen molar-refractivity contribution < 1.29 is 4.79 Å². The highest BCUT2D eigenvalue weighted by molar-refractivity contribution is 9.10. The second-order valence-corrected chi connectivity index (χ2v) is 5.23. The maximum absolute atomic E-state index is 12.2. The number of benzene rings is 1. The fourth-order valence-corrected chi connectivity index (χ4v) is 2.34. The Bertz CT molecular complexity index is 585. The lowest BCUT2D eigenvalue weighted by molar-refractivity contribution is 0.0990. The average Bonchev–Trinajstić information content (AvgIpc) is 2.57. The molecule has 0 spiro atoms. The zero-order valence-corrected chi connectivity index (χ0v) is 12.3. The number of rotatable bonds is 3. The van der Waals surface area contributed by atoms with Gasteiger partial charge in [0.05, 0.1) is 22.3 Å². The Balaban J connectivity index is 2.24. The average molecular weight is 307 g/mol. The van der Waals surface area contributed by atoms with E-state index in [0.29, 0.717) is 6.42 Å². The fourth-order valence-electron chi connectivity index (χ4n) is 1.87. The van der Waals surface area contributed by atoms with Gasteiger partial charge in [-0.3, -0.25) is 9.48 Å². The maximum Gasteiger partial charge on any atom is 0.168 e. The summed E-state index contributed by atoms with van der Waals surface area (Å²) in [4.78, 5) is 12.2. The predicted molar refractivity (Wildman–Crippen MR) is 74.9 cm³/mol. The molecule has 1 heterocycles. The summed E-state index contributed by atoms with van der Waals surface area (Å²) in [5.41, 5.74) is 3.72. The molecule has 0 saturated carbocycles. The molecule has 18 heavy (non-hydrogen) atoms. The van der Waals surface area contributed by atoms with Gasteiger partial charge < -0.3 is 0 Å². The van der Waals surface area contributed by atoms with Gasteiger partial charge in [-0.05, 0) is 29.8 Å². The molecule has 0 saturated heterocycles. The van der Waals surface area contributed by atoms with Gasteiger partial charge in [0, 0.05) is 12.6 Å². The SMILES string of the molecule is Cc1ccc(C(=O)Cc2c(Br)c(C)nn2C)cc1. The molecule has 0 radical (unpaired) electrons. The number of aryl methyl sites for hydroxylation is 3. The monoisotopic (exact) mass is 306 g/mol. The quantitative estimate of drug-likeness (QED) is 0.816. The minimum atomic E-state index is 0.110. The molecular weight excluding hydrogens is 292 g/mol. The predicted octanol–water partition coefficient (Wildman–Crippen LogP) is 3.22. The van der Waals surface area contributed by atoms with Crippen molar-refractivity contribution in [3.8, 4) is 0 Å². The van der Waals surface area contributed by atoms with Gasteiger partial charge in [0.2, 0.25) is 0 Å².